The molecule has 0 aliphatic carbocycles. The highest BCUT2D eigenvalue weighted by atomic mass is 32.2. The van der Waals surface area contributed by atoms with Crippen molar-refractivity contribution in [1.82, 2.24) is 5.32 Å². The maximum absolute atomic E-state index is 5.40. The fourth-order valence-electron chi connectivity index (χ4n) is 2.38. The summed E-state index contributed by atoms with van der Waals surface area (Å²) in [5.74, 6) is 3.04. The molecule has 21 heavy (non-hydrogen) atoms. The van der Waals surface area contributed by atoms with Crippen molar-refractivity contribution in [2.24, 2.45) is 0 Å². The molecule has 1 unspecified atom stereocenters. The van der Waals surface area contributed by atoms with Crippen molar-refractivity contribution in [3.05, 3.63) is 59.0 Å². The van der Waals surface area contributed by atoms with E-state index in [-0.39, 0.29) is 0 Å². The first kappa shape index (κ1) is 16.2. The SMILES string of the molecule is CCCNC(CSCc1ccco1)c1cc(C)ccc1C. The molecule has 0 fully saturated rings. The topological polar surface area (TPSA) is 25.2 Å². The Kier molecular flexibility index (Phi) is 6.40. The third-order valence-corrected chi connectivity index (χ3v) is 4.62. The van der Waals surface area contributed by atoms with E-state index < -0.39 is 0 Å². The summed E-state index contributed by atoms with van der Waals surface area (Å²) in [6, 6.07) is 11.1. The van der Waals surface area contributed by atoms with Gasteiger partial charge in [-0.15, -0.1) is 0 Å². The van der Waals surface area contributed by atoms with Gasteiger partial charge in [0.15, 0.2) is 0 Å². The monoisotopic (exact) mass is 303 g/mol. The number of furan rings is 1. The van der Waals surface area contributed by atoms with Crippen molar-refractivity contribution in [2.75, 3.05) is 12.3 Å². The van der Waals surface area contributed by atoms with Gasteiger partial charge in [-0.2, -0.15) is 11.8 Å². The number of thioether (sulfide) groups is 1. The second-order valence-electron chi connectivity index (χ2n) is 5.46. The molecule has 2 rings (SSSR count). The molecule has 1 aromatic carbocycles. The van der Waals surface area contributed by atoms with E-state index in [9.17, 15) is 0 Å². The van der Waals surface area contributed by atoms with Crippen LogP contribution in [-0.2, 0) is 5.75 Å². The van der Waals surface area contributed by atoms with Crippen LogP contribution in [0.15, 0.2) is 41.0 Å². The Morgan fingerprint density at radius 2 is 2.10 bits per heavy atom. The number of nitrogens with one attached hydrogen (secondary N) is 1. The third kappa shape index (κ3) is 4.94. The summed E-state index contributed by atoms with van der Waals surface area (Å²) in [5, 5.41) is 3.68. The standard InChI is InChI=1S/C18H25NOS/c1-4-9-19-18(13-21-12-16-6-5-10-20-16)17-11-14(2)7-8-15(17)3/h5-8,10-11,18-19H,4,9,12-13H2,1-3H3. The summed E-state index contributed by atoms with van der Waals surface area (Å²) in [5.41, 5.74) is 4.12. The van der Waals surface area contributed by atoms with Crippen molar-refractivity contribution in [3.8, 4) is 0 Å². The molecule has 0 radical (unpaired) electrons. The first-order chi connectivity index (χ1) is 10.2. The van der Waals surface area contributed by atoms with Crippen LogP contribution in [0.3, 0.4) is 0 Å². The summed E-state index contributed by atoms with van der Waals surface area (Å²) in [7, 11) is 0. The fraction of sp³-hybridized carbons (Fsp3) is 0.444. The number of benzene rings is 1. The molecule has 3 heteroatoms. The molecule has 1 heterocycles. The van der Waals surface area contributed by atoms with Crippen molar-refractivity contribution in [2.45, 2.75) is 39.0 Å². The highest BCUT2D eigenvalue weighted by Crippen LogP contribution is 2.25. The van der Waals surface area contributed by atoms with E-state index in [0.29, 0.717) is 6.04 Å². The van der Waals surface area contributed by atoms with Gasteiger partial charge >= 0.3 is 0 Å². The molecule has 0 aliphatic heterocycles. The smallest absolute Gasteiger partial charge is 0.113 e. The van der Waals surface area contributed by atoms with Gasteiger partial charge < -0.3 is 9.73 Å². The highest BCUT2D eigenvalue weighted by molar-refractivity contribution is 7.98. The Hall–Kier alpha value is -1.19. The van der Waals surface area contributed by atoms with Crippen molar-refractivity contribution < 1.29 is 4.42 Å². The van der Waals surface area contributed by atoms with E-state index in [1.807, 2.05) is 23.9 Å². The Morgan fingerprint density at radius 3 is 2.81 bits per heavy atom. The second kappa shape index (κ2) is 8.30. The van der Waals surface area contributed by atoms with E-state index in [4.69, 9.17) is 4.42 Å². The van der Waals surface area contributed by atoms with Crippen LogP contribution >= 0.6 is 11.8 Å². The first-order valence-electron chi connectivity index (χ1n) is 7.61. The van der Waals surface area contributed by atoms with Gasteiger partial charge in [-0.25, -0.2) is 0 Å². The molecular formula is C18H25NOS. The van der Waals surface area contributed by atoms with E-state index in [0.717, 1.165) is 30.2 Å². The zero-order valence-electron chi connectivity index (χ0n) is 13.2. The summed E-state index contributed by atoms with van der Waals surface area (Å²) < 4.78 is 5.40. The lowest BCUT2D eigenvalue weighted by Gasteiger charge is -2.21. The Labute approximate surface area is 132 Å². The van der Waals surface area contributed by atoms with Gasteiger partial charge in [0, 0.05) is 11.8 Å². The quantitative estimate of drug-likeness (QED) is 0.753. The lowest BCUT2D eigenvalue weighted by molar-refractivity contribution is 0.529. The maximum Gasteiger partial charge on any atom is 0.113 e. The molecule has 0 saturated carbocycles. The zero-order chi connectivity index (χ0) is 15.1. The normalized spacial score (nSPS) is 12.5. The second-order valence-corrected chi connectivity index (χ2v) is 6.49. The van der Waals surface area contributed by atoms with Gasteiger partial charge in [0.2, 0.25) is 0 Å². The molecule has 0 bridgehead atoms. The van der Waals surface area contributed by atoms with Crippen molar-refractivity contribution in [1.29, 1.82) is 0 Å². The minimum atomic E-state index is 0.407. The number of rotatable bonds is 8. The van der Waals surface area contributed by atoms with E-state index >= 15 is 0 Å². The molecule has 0 aliphatic rings. The first-order valence-corrected chi connectivity index (χ1v) is 8.77. The predicted octanol–water partition coefficient (Wildman–Crippen LogP) is 4.87. The van der Waals surface area contributed by atoms with Gasteiger partial charge in [-0.1, -0.05) is 30.7 Å². The average Bonchev–Trinajstić information content (AvgIpc) is 2.99. The molecule has 2 nitrogen and oxygen atoms in total. The molecule has 1 atom stereocenters. The molecule has 0 amide bonds. The lowest BCUT2D eigenvalue weighted by atomic mass is 10.00. The number of hydrogen-bond acceptors (Lipinski definition) is 3. The minimum Gasteiger partial charge on any atom is -0.468 e. The molecular weight excluding hydrogens is 278 g/mol. The van der Waals surface area contributed by atoms with Crippen molar-refractivity contribution >= 4 is 11.8 Å². The maximum atomic E-state index is 5.40. The summed E-state index contributed by atoms with van der Waals surface area (Å²) in [4.78, 5) is 0. The summed E-state index contributed by atoms with van der Waals surface area (Å²) >= 11 is 1.92. The van der Waals surface area contributed by atoms with Crippen molar-refractivity contribution in [3.63, 3.8) is 0 Å². The molecule has 0 saturated heterocycles. The van der Waals surface area contributed by atoms with Crippen LogP contribution in [0.25, 0.3) is 0 Å². The summed E-state index contributed by atoms with van der Waals surface area (Å²) in [6.07, 6.45) is 2.90. The van der Waals surface area contributed by atoms with Crippen LogP contribution in [0.4, 0.5) is 0 Å². The molecule has 1 aromatic heterocycles. The lowest BCUT2D eigenvalue weighted by Crippen LogP contribution is -2.25. The highest BCUT2D eigenvalue weighted by Gasteiger charge is 2.13. The van der Waals surface area contributed by atoms with E-state index in [1.54, 1.807) is 6.26 Å². The Morgan fingerprint density at radius 1 is 1.24 bits per heavy atom. The fourth-order valence-corrected chi connectivity index (χ4v) is 3.40. The summed E-state index contributed by atoms with van der Waals surface area (Å²) in [6.45, 7) is 7.63. The van der Waals surface area contributed by atoms with Gasteiger partial charge in [0.05, 0.1) is 12.0 Å². The Bertz CT molecular complexity index is 536. The number of aryl methyl sites for hydroxylation is 2. The van der Waals surface area contributed by atoms with Crippen LogP contribution in [-0.4, -0.2) is 12.3 Å². The minimum absolute atomic E-state index is 0.407. The third-order valence-electron chi connectivity index (χ3n) is 3.56. The van der Waals surface area contributed by atoms with Crippen LogP contribution in [0.5, 0.6) is 0 Å². The predicted molar refractivity (Wildman–Crippen MR) is 91.8 cm³/mol. The van der Waals surface area contributed by atoms with Gasteiger partial charge in [-0.3, -0.25) is 0 Å². The van der Waals surface area contributed by atoms with Gasteiger partial charge in [0.1, 0.15) is 5.76 Å². The van der Waals surface area contributed by atoms with E-state index in [1.165, 1.54) is 16.7 Å². The zero-order valence-corrected chi connectivity index (χ0v) is 14.0. The van der Waals surface area contributed by atoms with Crippen LogP contribution in [0.1, 0.15) is 41.8 Å². The Balaban J connectivity index is 2.01. The van der Waals surface area contributed by atoms with Gasteiger partial charge in [0.25, 0.3) is 0 Å². The van der Waals surface area contributed by atoms with Crippen LogP contribution in [0, 0.1) is 13.8 Å². The van der Waals surface area contributed by atoms with Crippen LogP contribution in [0.2, 0.25) is 0 Å². The largest absolute Gasteiger partial charge is 0.468 e. The van der Waals surface area contributed by atoms with Crippen LogP contribution < -0.4 is 5.32 Å². The number of hydrogen-bond donors (Lipinski definition) is 1. The molecule has 0 spiro atoms. The van der Waals surface area contributed by atoms with Gasteiger partial charge in [-0.05, 0) is 50.1 Å². The average molecular weight is 303 g/mol. The molecule has 114 valence electrons. The molecule has 2 aromatic rings. The van der Waals surface area contributed by atoms with E-state index in [2.05, 4.69) is 44.3 Å². The molecule has 1 N–H and O–H groups in total.